The van der Waals surface area contributed by atoms with Crippen LogP contribution in [0.1, 0.15) is 6.42 Å². The second-order valence-corrected chi connectivity index (χ2v) is 6.94. The van der Waals surface area contributed by atoms with E-state index in [2.05, 4.69) is 18.2 Å². The SMILES string of the molecule is N#CC1CC2OC1C1C3OC(C4C5C=CC(O5)C34)C21. The maximum Gasteiger partial charge on any atom is 0.0822 e. The molecule has 0 aromatic rings. The van der Waals surface area contributed by atoms with E-state index in [-0.39, 0.29) is 36.4 Å². The summed E-state index contributed by atoms with van der Waals surface area (Å²) < 4.78 is 18.5. The summed E-state index contributed by atoms with van der Waals surface area (Å²) in [6.45, 7) is 0. The molecule has 0 spiro atoms. The van der Waals surface area contributed by atoms with Crippen LogP contribution in [0, 0.1) is 40.9 Å². The minimum Gasteiger partial charge on any atom is -0.373 e. The molecule has 6 heterocycles. The fraction of sp³-hybridized carbons (Fsp3) is 0.800. The lowest BCUT2D eigenvalue weighted by molar-refractivity contribution is -0.0321. The fourth-order valence-corrected chi connectivity index (χ4v) is 6.01. The van der Waals surface area contributed by atoms with Crippen molar-refractivity contribution in [2.75, 3.05) is 0 Å². The molecule has 11 unspecified atom stereocenters. The summed E-state index contributed by atoms with van der Waals surface area (Å²) in [5, 5.41) is 9.26. The van der Waals surface area contributed by atoms with Crippen LogP contribution in [0.15, 0.2) is 12.2 Å². The molecule has 11 atom stereocenters. The highest BCUT2D eigenvalue weighted by molar-refractivity contribution is 5.27. The zero-order valence-electron chi connectivity index (χ0n) is 10.4. The zero-order chi connectivity index (χ0) is 12.3. The van der Waals surface area contributed by atoms with Crippen molar-refractivity contribution in [3.63, 3.8) is 0 Å². The Hall–Kier alpha value is -0.890. The van der Waals surface area contributed by atoms with Crippen molar-refractivity contribution in [3.05, 3.63) is 12.2 Å². The van der Waals surface area contributed by atoms with E-state index in [1.165, 1.54) is 0 Å². The molecule has 19 heavy (non-hydrogen) atoms. The largest absolute Gasteiger partial charge is 0.373 e. The van der Waals surface area contributed by atoms with E-state index >= 15 is 0 Å². The smallest absolute Gasteiger partial charge is 0.0822 e. The minimum absolute atomic E-state index is 0.0858. The van der Waals surface area contributed by atoms with E-state index in [9.17, 15) is 5.26 Å². The Kier molecular flexibility index (Phi) is 1.52. The summed E-state index contributed by atoms with van der Waals surface area (Å²) in [4.78, 5) is 0. The van der Waals surface area contributed by atoms with E-state index in [4.69, 9.17) is 14.2 Å². The first-order valence-electron chi connectivity index (χ1n) is 7.41. The number of nitrogens with zero attached hydrogens (tertiary/aromatic N) is 1. The van der Waals surface area contributed by atoms with Crippen molar-refractivity contribution in [3.8, 4) is 6.07 Å². The molecule has 4 heteroatoms. The Balaban J connectivity index is 1.44. The summed E-state index contributed by atoms with van der Waals surface area (Å²) in [7, 11) is 0. The molecule has 98 valence electrons. The highest BCUT2D eigenvalue weighted by Gasteiger charge is 2.74. The van der Waals surface area contributed by atoms with Gasteiger partial charge in [0.2, 0.25) is 0 Å². The van der Waals surface area contributed by atoms with E-state index in [1.54, 1.807) is 0 Å². The first kappa shape index (κ1) is 9.93. The molecule has 0 radical (unpaired) electrons. The number of hydrogen-bond donors (Lipinski definition) is 0. The molecule has 6 rings (SSSR count). The van der Waals surface area contributed by atoms with Crippen LogP contribution in [0.2, 0.25) is 0 Å². The maximum atomic E-state index is 9.26. The van der Waals surface area contributed by atoms with Gasteiger partial charge in [0, 0.05) is 23.7 Å². The number of fused-ring (bicyclic) bond motifs is 16. The van der Waals surface area contributed by atoms with Crippen LogP contribution < -0.4 is 0 Å². The highest BCUT2D eigenvalue weighted by Crippen LogP contribution is 2.65. The molecule has 6 aliphatic rings. The first-order valence-corrected chi connectivity index (χ1v) is 7.41. The number of hydrogen-bond acceptors (Lipinski definition) is 4. The average Bonchev–Trinajstić information content (AvgIpc) is 3.20. The number of rotatable bonds is 0. The van der Waals surface area contributed by atoms with Gasteiger partial charge < -0.3 is 14.2 Å². The van der Waals surface area contributed by atoms with E-state index < -0.39 is 0 Å². The van der Waals surface area contributed by atoms with Gasteiger partial charge >= 0.3 is 0 Å². The predicted octanol–water partition coefficient (Wildman–Crippen LogP) is 0.880. The standard InChI is InChI=1S/C15H15NO3/c16-4-5-3-8-11-12(13(5)18-8)15-10-7-2-1-6(17-7)9(10)14(11)19-15/h1-2,5-15H,3H2. The maximum absolute atomic E-state index is 9.26. The third-order valence-electron chi connectivity index (χ3n) is 6.47. The van der Waals surface area contributed by atoms with Crippen LogP contribution in [0.3, 0.4) is 0 Å². The predicted molar refractivity (Wildman–Crippen MR) is 62.8 cm³/mol. The van der Waals surface area contributed by atoms with Gasteiger partial charge in [-0.3, -0.25) is 0 Å². The highest BCUT2D eigenvalue weighted by atomic mass is 16.6. The second-order valence-electron chi connectivity index (χ2n) is 6.94. The first-order chi connectivity index (χ1) is 9.36. The van der Waals surface area contributed by atoms with Crippen LogP contribution >= 0.6 is 0 Å². The van der Waals surface area contributed by atoms with Crippen LogP contribution in [0.25, 0.3) is 0 Å². The lowest BCUT2D eigenvalue weighted by Crippen LogP contribution is -2.49. The zero-order valence-corrected chi connectivity index (χ0v) is 10.4. The summed E-state index contributed by atoms with van der Waals surface area (Å²) in [5.74, 6) is 2.12. The minimum atomic E-state index is 0.0858. The molecule has 6 bridgehead atoms. The molecule has 5 saturated heterocycles. The molecule has 0 N–H and O–H groups in total. The molecule has 0 saturated carbocycles. The summed E-state index contributed by atoms with van der Waals surface area (Å²) in [6.07, 6.45) is 6.84. The molecule has 5 fully saturated rings. The normalized spacial score (nSPS) is 69.5. The third-order valence-corrected chi connectivity index (χ3v) is 6.47. The molecule has 6 aliphatic heterocycles. The molecule has 0 aromatic carbocycles. The Morgan fingerprint density at radius 2 is 1.58 bits per heavy atom. The second kappa shape index (κ2) is 2.90. The van der Waals surface area contributed by atoms with E-state index in [1.807, 2.05) is 0 Å². The van der Waals surface area contributed by atoms with Gasteiger partial charge in [-0.05, 0) is 6.42 Å². The van der Waals surface area contributed by atoms with E-state index in [0.29, 0.717) is 29.8 Å². The van der Waals surface area contributed by atoms with Gasteiger partial charge in [0.05, 0.1) is 48.6 Å². The van der Waals surface area contributed by atoms with Crippen LogP contribution in [-0.4, -0.2) is 36.6 Å². The number of nitriles is 1. The van der Waals surface area contributed by atoms with Gasteiger partial charge in [-0.1, -0.05) is 12.2 Å². The molecular weight excluding hydrogens is 242 g/mol. The lowest BCUT2D eigenvalue weighted by atomic mass is 9.59. The molecule has 0 amide bonds. The van der Waals surface area contributed by atoms with Crippen molar-refractivity contribution in [2.45, 2.75) is 43.0 Å². The summed E-state index contributed by atoms with van der Waals surface area (Å²) in [5.41, 5.74) is 0. The van der Waals surface area contributed by atoms with Gasteiger partial charge in [0.15, 0.2) is 0 Å². The van der Waals surface area contributed by atoms with Crippen molar-refractivity contribution in [2.24, 2.45) is 29.6 Å². The molecule has 0 aliphatic carbocycles. The van der Waals surface area contributed by atoms with Crippen LogP contribution in [0.5, 0.6) is 0 Å². The Morgan fingerprint density at radius 1 is 0.842 bits per heavy atom. The third kappa shape index (κ3) is 0.894. The fourth-order valence-electron chi connectivity index (χ4n) is 6.01. The van der Waals surface area contributed by atoms with Crippen molar-refractivity contribution < 1.29 is 14.2 Å². The quantitative estimate of drug-likeness (QED) is 0.604. The molecular formula is C15H15NO3. The monoisotopic (exact) mass is 257 g/mol. The Morgan fingerprint density at radius 3 is 2.32 bits per heavy atom. The summed E-state index contributed by atoms with van der Waals surface area (Å²) in [6, 6.07) is 2.44. The lowest BCUT2D eigenvalue weighted by Gasteiger charge is -2.38. The number of ether oxygens (including phenoxy) is 3. The van der Waals surface area contributed by atoms with Crippen molar-refractivity contribution >= 4 is 0 Å². The Bertz CT molecular complexity index is 540. The summed E-state index contributed by atoms with van der Waals surface area (Å²) >= 11 is 0. The van der Waals surface area contributed by atoms with Crippen LogP contribution in [0.4, 0.5) is 0 Å². The van der Waals surface area contributed by atoms with Gasteiger partial charge in [0.1, 0.15) is 0 Å². The van der Waals surface area contributed by atoms with E-state index in [0.717, 1.165) is 6.42 Å². The van der Waals surface area contributed by atoms with Gasteiger partial charge in [0.25, 0.3) is 0 Å². The van der Waals surface area contributed by atoms with Crippen LogP contribution in [-0.2, 0) is 14.2 Å². The van der Waals surface area contributed by atoms with Crippen molar-refractivity contribution in [1.82, 2.24) is 0 Å². The molecule has 0 aromatic heterocycles. The average molecular weight is 257 g/mol. The topological polar surface area (TPSA) is 51.5 Å². The molecule has 4 nitrogen and oxygen atoms in total. The van der Waals surface area contributed by atoms with Crippen molar-refractivity contribution in [1.29, 1.82) is 5.26 Å². The van der Waals surface area contributed by atoms with Gasteiger partial charge in [-0.25, -0.2) is 0 Å². The van der Waals surface area contributed by atoms with Gasteiger partial charge in [-0.2, -0.15) is 5.26 Å². The van der Waals surface area contributed by atoms with Gasteiger partial charge in [-0.15, -0.1) is 0 Å². The Labute approximate surface area is 111 Å².